The van der Waals surface area contributed by atoms with Gasteiger partial charge in [0.2, 0.25) is 0 Å². The first kappa shape index (κ1) is 20.4. The summed E-state index contributed by atoms with van der Waals surface area (Å²) in [5, 5.41) is 8.31. The molecule has 2 aliphatic carbocycles. The monoisotopic (exact) mass is 410 g/mol. The van der Waals surface area contributed by atoms with Crippen LogP contribution in [-0.2, 0) is 22.5 Å². The Morgan fingerprint density at radius 1 is 0.800 bits per heavy atom. The summed E-state index contributed by atoms with van der Waals surface area (Å²) in [7, 11) is 0. The number of aryl methyl sites for hydroxylation is 4. The molecule has 0 atom stereocenters. The van der Waals surface area contributed by atoms with Crippen molar-refractivity contribution in [3.05, 3.63) is 58.2 Å². The average molecular weight is 410 g/mol. The first-order valence-corrected chi connectivity index (χ1v) is 10.6. The van der Waals surface area contributed by atoms with Gasteiger partial charge in [-0.3, -0.25) is 9.97 Å². The number of pyridine rings is 2. The van der Waals surface area contributed by atoms with Gasteiger partial charge in [0.25, 0.3) is 0 Å². The van der Waals surface area contributed by atoms with Crippen LogP contribution in [0.3, 0.4) is 0 Å². The Morgan fingerprint density at radius 3 is 1.73 bits per heavy atom. The lowest BCUT2D eigenvalue weighted by molar-refractivity contribution is 0.0253. The predicted molar refractivity (Wildman–Crippen MR) is 114 cm³/mol. The van der Waals surface area contributed by atoms with Gasteiger partial charge in [0.05, 0.1) is 11.4 Å². The second-order valence-corrected chi connectivity index (χ2v) is 7.89. The van der Waals surface area contributed by atoms with E-state index in [1.165, 1.54) is 11.1 Å². The zero-order valence-electron chi connectivity index (χ0n) is 17.5. The highest BCUT2D eigenvalue weighted by atomic mass is 19.1. The normalized spacial score (nSPS) is 19.3. The Hall–Kier alpha value is -2.83. The fourth-order valence-corrected chi connectivity index (χ4v) is 3.82. The molecule has 0 aliphatic heterocycles. The second kappa shape index (κ2) is 9.32. The molecule has 0 fully saturated rings. The molecule has 0 amide bonds. The summed E-state index contributed by atoms with van der Waals surface area (Å²) in [5.41, 5.74) is 7.53. The highest BCUT2D eigenvalue weighted by Gasteiger charge is 2.19. The van der Waals surface area contributed by atoms with Gasteiger partial charge in [-0.15, -0.1) is 0 Å². The van der Waals surface area contributed by atoms with E-state index in [1.54, 1.807) is 0 Å². The minimum absolute atomic E-state index is 0.177. The molecule has 2 aromatic rings. The van der Waals surface area contributed by atoms with Crippen LogP contribution in [0.15, 0.2) is 34.6 Å². The van der Waals surface area contributed by atoms with Crippen LogP contribution in [0.5, 0.6) is 0 Å². The van der Waals surface area contributed by atoms with Crippen LogP contribution in [0.25, 0.3) is 0 Å². The van der Waals surface area contributed by atoms with E-state index in [0.717, 1.165) is 72.7 Å². The summed E-state index contributed by atoms with van der Waals surface area (Å²) in [4.78, 5) is 19.7. The van der Waals surface area contributed by atoms with Gasteiger partial charge < -0.3 is 9.68 Å². The summed E-state index contributed by atoms with van der Waals surface area (Å²) in [6.45, 7) is 3.55. The van der Waals surface area contributed by atoms with Crippen molar-refractivity contribution in [1.29, 1.82) is 0 Å². The van der Waals surface area contributed by atoms with Crippen LogP contribution in [0.4, 0.5) is 4.39 Å². The maximum atomic E-state index is 14.2. The number of hydrogen-bond acceptors (Lipinski definition) is 6. The van der Waals surface area contributed by atoms with E-state index in [1.807, 2.05) is 26.0 Å². The maximum absolute atomic E-state index is 14.2. The largest absolute Gasteiger partial charge is 0.392 e. The van der Waals surface area contributed by atoms with E-state index in [0.29, 0.717) is 0 Å². The quantitative estimate of drug-likeness (QED) is 0.668. The molecule has 0 aromatic carbocycles. The number of rotatable bonds is 6. The number of alkyl halides is 1. The molecule has 4 rings (SSSR count). The first-order chi connectivity index (χ1) is 14.6. The summed E-state index contributed by atoms with van der Waals surface area (Å²) >= 11 is 0. The fourth-order valence-electron chi connectivity index (χ4n) is 3.82. The van der Waals surface area contributed by atoms with Gasteiger partial charge in [0.15, 0.2) is 19.4 Å². The molecule has 2 aromatic heterocycles. The van der Waals surface area contributed by atoms with Gasteiger partial charge in [-0.05, 0) is 75.6 Å². The molecule has 0 radical (unpaired) electrons. The molecule has 2 aliphatic rings. The number of oxime groups is 2. The average Bonchev–Trinajstić information content (AvgIpc) is 2.74. The first-order valence-electron chi connectivity index (χ1n) is 10.6. The van der Waals surface area contributed by atoms with Crippen molar-refractivity contribution < 1.29 is 14.1 Å². The van der Waals surface area contributed by atoms with Crippen molar-refractivity contribution in [1.82, 2.24) is 9.97 Å². The van der Waals surface area contributed by atoms with Crippen molar-refractivity contribution in [2.45, 2.75) is 58.5 Å². The lowest BCUT2D eigenvalue weighted by Crippen LogP contribution is -2.19. The third-order valence-corrected chi connectivity index (χ3v) is 5.36. The molecule has 0 saturated carbocycles. The van der Waals surface area contributed by atoms with Gasteiger partial charge >= 0.3 is 0 Å². The van der Waals surface area contributed by atoms with Crippen LogP contribution in [0, 0.1) is 13.8 Å². The molecule has 6 nitrogen and oxygen atoms in total. The molecule has 0 spiro atoms. The molecule has 30 heavy (non-hydrogen) atoms. The van der Waals surface area contributed by atoms with Crippen LogP contribution in [0.1, 0.15) is 59.6 Å². The fraction of sp³-hybridized carbons (Fsp3) is 0.478. The number of nitrogens with zero attached hydrogens (tertiary/aromatic N) is 4. The van der Waals surface area contributed by atoms with Crippen LogP contribution < -0.4 is 0 Å². The topological polar surface area (TPSA) is 69.0 Å². The van der Waals surface area contributed by atoms with E-state index < -0.39 is 6.17 Å². The standard InChI is InChI=1S/C23H27FN4O2/c1-15-9-11-17-5-3-7-20(22(17)25-15)27-29-13-19(24)14-30-28-21-8-4-6-18-12-10-16(2)26-23(18)21/h9-12,19H,3-8,13-14H2,1-2H3. The SMILES string of the molecule is Cc1ccc2c(n1)C(=NOCC(F)CON=C1CCCc3ccc(C)nc31)CCC2. The maximum Gasteiger partial charge on any atom is 0.173 e. The lowest BCUT2D eigenvalue weighted by atomic mass is 9.94. The molecule has 2 heterocycles. The Bertz CT molecular complexity index is 896. The number of fused-ring (bicyclic) bond motifs is 2. The molecule has 0 N–H and O–H groups in total. The predicted octanol–water partition coefficient (Wildman–Crippen LogP) is 4.25. The van der Waals surface area contributed by atoms with E-state index in [4.69, 9.17) is 9.68 Å². The second-order valence-electron chi connectivity index (χ2n) is 7.89. The Kier molecular flexibility index (Phi) is 6.35. The van der Waals surface area contributed by atoms with Crippen molar-refractivity contribution in [3.63, 3.8) is 0 Å². The summed E-state index contributed by atoms with van der Waals surface area (Å²) in [6.07, 6.45) is 4.22. The Balaban J connectivity index is 1.30. The van der Waals surface area contributed by atoms with Gasteiger partial charge in [-0.2, -0.15) is 0 Å². The number of aromatic nitrogens is 2. The zero-order valence-corrected chi connectivity index (χ0v) is 17.5. The van der Waals surface area contributed by atoms with Crippen LogP contribution in [-0.4, -0.2) is 40.8 Å². The van der Waals surface area contributed by atoms with Crippen molar-refractivity contribution in [2.75, 3.05) is 13.2 Å². The highest BCUT2D eigenvalue weighted by molar-refractivity contribution is 6.01. The Morgan fingerprint density at radius 2 is 1.27 bits per heavy atom. The molecular weight excluding hydrogens is 383 g/mol. The van der Waals surface area contributed by atoms with Gasteiger partial charge in [-0.25, -0.2) is 4.39 Å². The van der Waals surface area contributed by atoms with Gasteiger partial charge in [-0.1, -0.05) is 22.4 Å². The summed E-state index contributed by atoms with van der Waals surface area (Å²) < 4.78 is 14.2. The van der Waals surface area contributed by atoms with Crippen LogP contribution >= 0.6 is 0 Å². The van der Waals surface area contributed by atoms with Crippen molar-refractivity contribution in [3.8, 4) is 0 Å². The van der Waals surface area contributed by atoms with E-state index >= 15 is 0 Å². The minimum atomic E-state index is -1.32. The van der Waals surface area contributed by atoms with E-state index in [-0.39, 0.29) is 13.2 Å². The van der Waals surface area contributed by atoms with E-state index in [9.17, 15) is 4.39 Å². The molecule has 0 saturated heterocycles. The molecular formula is C23H27FN4O2. The molecule has 7 heteroatoms. The van der Waals surface area contributed by atoms with Crippen molar-refractivity contribution >= 4 is 11.4 Å². The minimum Gasteiger partial charge on any atom is -0.392 e. The Labute approximate surface area is 176 Å². The van der Waals surface area contributed by atoms with Crippen molar-refractivity contribution in [2.24, 2.45) is 10.3 Å². The van der Waals surface area contributed by atoms with Gasteiger partial charge in [0.1, 0.15) is 11.4 Å². The summed E-state index contributed by atoms with van der Waals surface area (Å²) in [5.74, 6) is 0. The van der Waals surface area contributed by atoms with Crippen LogP contribution in [0.2, 0.25) is 0 Å². The smallest absolute Gasteiger partial charge is 0.173 e. The molecule has 158 valence electrons. The van der Waals surface area contributed by atoms with E-state index in [2.05, 4.69) is 32.4 Å². The van der Waals surface area contributed by atoms with Gasteiger partial charge in [0, 0.05) is 11.4 Å². The highest BCUT2D eigenvalue weighted by Crippen LogP contribution is 2.22. The molecule has 0 unspecified atom stereocenters. The zero-order chi connectivity index (χ0) is 20.9. The molecule has 0 bridgehead atoms. The number of halogens is 1. The lowest BCUT2D eigenvalue weighted by Gasteiger charge is -2.17. The third kappa shape index (κ3) is 4.83. The third-order valence-electron chi connectivity index (χ3n) is 5.36. The summed E-state index contributed by atoms with van der Waals surface area (Å²) in [6, 6.07) is 8.16. The number of hydrogen-bond donors (Lipinski definition) is 0.